The number of benzene rings is 2. The van der Waals surface area contributed by atoms with E-state index in [1.807, 2.05) is 37.3 Å². The maximum Gasteiger partial charge on any atom is 0.261 e. The Morgan fingerprint density at radius 1 is 1.19 bits per heavy atom. The zero-order valence-corrected chi connectivity index (χ0v) is 17.0. The quantitative estimate of drug-likeness (QED) is 0.384. The van der Waals surface area contributed by atoms with E-state index in [1.165, 1.54) is 11.3 Å². The standard InChI is InChI=1S/C19H18ClN3O2S2/c1-2-11-25-16-6-4-3-5-15(16)17(24)21-18-22-23-19(27-18)26-12-13-7-9-14(20)10-8-13/h3-10H,2,11-12H2,1H3,(H,21,22,24). The highest BCUT2D eigenvalue weighted by atomic mass is 35.5. The summed E-state index contributed by atoms with van der Waals surface area (Å²) in [7, 11) is 0. The van der Waals surface area contributed by atoms with E-state index < -0.39 is 0 Å². The van der Waals surface area contributed by atoms with Crippen molar-refractivity contribution in [3.63, 3.8) is 0 Å². The number of thioether (sulfide) groups is 1. The lowest BCUT2D eigenvalue weighted by Crippen LogP contribution is -2.13. The summed E-state index contributed by atoms with van der Waals surface area (Å²) >= 11 is 8.80. The van der Waals surface area contributed by atoms with Crippen LogP contribution in [0, 0.1) is 0 Å². The molecule has 0 saturated heterocycles. The molecule has 3 rings (SSSR count). The van der Waals surface area contributed by atoms with Gasteiger partial charge >= 0.3 is 0 Å². The highest BCUT2D eigenvalue weighted by Crippen LogP contribution is 2.29. The normalized spacial score (nSPS) is 10.6. The summed E-state index contributed by atoms with van der Waals surface area (Å²) in [6.07, 6.45) is 0.876. The summed E-state index contributed by atoms with van der Waals surface area (Å²) in [6, 6.07) is 14.9. The number of halogens is 1. The number of carbonyl (C=O) groups is 1. The zero-order chi connectivity index (χ0) is 19.1. The maximum atomic E-state index is 12.5. The largest absolute Gasteiger partial charge is 0.493 e. The molecule has 3 aromatic rings. The van der Waals surface area contributed by atoms with E-state index in [2.05, 4.69) is 15.5 Å². The highest BCUT2D eigenvalue weighted by Gasteiger charge is 2.15. The fourth-order valence-electron chi connectivity index (χ4n) is 2.20. The topological polar surface area (TPSA) is 64.1 Å². The minimum Gasteiger partial charge on any atom is -0.493 e. The molecule has 0 atom stereocenters. The Morgan fingerprint density at radius 3 is 2.74 bits per heavy atom. The van der Waals surface area contributed by atoms with Crippen molar-refractivity contribution in [2.75, 3.05) is 11.9 Å². The Labute approximate surface area is 171 Å². The third kappa shape index (κ3) is 5.69. The van der Waals surface area contributed by atoms with Gasteiger partial charge in [-0.25, -0.2) is 0 Å². The predicted molar refractivity (Wildman–Crippen MR) is 111 cm³/mol. The average molecular weight is 420 g/mol. The van der Waals surface area contributed by atoms with Gasteiger partial charge in [0.15, 0.2) is 4.34 Å². The van der Waals surface area contributed by atoms with E-state index >= 15 is 0 Å². The van der Waals surface area contributed by atoms with Crippen molar-refractivity contribution in [1.29, 1.82) is 0 Å². The summed E-state index contributed by atoms with van der Waals surface area (Å²) in [5, 5.41) is 12.2. The van der Waals surface area contributed by atoms with Crippen LogP contribution in [0.3, 0.4) is 0 Å². The van der Waals surface area contributed by atoms with Crippen LogP contribution in [0.25, 0.3) is 0 Å². The van der Waals surface area contributed by atoms with Gasteiger partial charge in [0.25, 0.3) is 5.91 Å². The Balaban J connectivity index is 1.60. The van der Waals surface area contributed by atoms with Crippen LogP contribution >= 0.6 is 34.7 Å². The summed E-state index contributed by atoms with van der Waals surface area (Å²) < 4.78 is 6.43. The molecule has 0 unspecified atom stereocenters. The zero-order valence-electron chi connectivity index (χ0n) is 14.6. The van der Waals surface area contributed by atoms with Crippen LogP contribution in [0.5, 0.6) is 5.75 Å². The van der Waals surface area contributed by atoms with Gasteiger partial charge in [-0.15, -0.1) is 10.2 Å². The first kappa shape index (κ1) is 19.7. The molecule has 1 aromatic heterocycles. The number of rotatable bonds is 8. The number of hydrogen-bond acceptors (Lipinski definition) is 6. The molecule has 0 spiro atoms. The number of carbonyl (C=O) groups excluding carboxylic acids is 1. The molecule has 0 bridgehead atoms. The number of para-hydroxylation sites is 1. The number of aromatic nitrogens is 2. The van der Waals surface area contributed by atoms with Crippen LogP contribution in [0.1, 0.15) is 29.3 Å². The smallest absolute Gasteiger partial charge is 0.261 e. The summed E-state index contributed by atoms with van der Waals surface area (Å²) in [5.74, 6) is 1.07. The lowest BCUT2D eigenvalue weighted by Gasteiger charge is -2.09. The Morgan fingerprint density at radius 2 is 1.96 bits per heavy atom. The number of amides is 1. The Kier molecular flexibility index (Phi) is 7.09. The van der Waals surface area contributed by atoms with Crippen LogP contribution in [0.4, 0.5) is 5.13 Å². The van der Waals surface area contributed by atoms with Gasteiger partial charge in [-0.05, 0) is 36.2 Å². The lowest BCUT2D eigenvalue weighted by atomic mass is 10.2. The SMILES string of the molecule is CCCOc1ccccc1C(=O)Nc1nnc(SCc2ccc(Cl)cc2)s1. The van der Waals surface area contributed by atoms with Crippen LogP contribution in [-0.2, 0) is 5.75 Å². The van der Waals surface area contributed by atoms with Crippen molar-refractivity contribution in [3.05, 3.63) is 64.7 Å². The van der Waals surface area contributed by atoms with Gasteiger partial charge in [-0.1, -0.05) is 65.9 Å². The molecule has 0 aliphatic rings. The molecule has 2 aromatic carbocycles. The first-order valence-electron chi connectivity index (χ1n) is 8.39. The molecular formula is C19H18ClN3O2S2. The first-order valence-corrected chi connectivity index (χ1v) is 10.6. The van der Waals surface area contributed by atoms with Gasteiger partial charge < -0.3 is 4.74 Å². The molecule has 0 saturated carbocycles. The fourth-order valence-corrected chi connectivity index (χ4v) is 4.03. The van der Waals surface area contributed by atoms with Crippen LogP contribution < -0.4 is 10.1 Å². The molecule has 8 heteroatoms. The van der Waals surface area contributed by atoms with Crippen molar-refractivity contribution in [2.45, 2.75) is 23.4 Å². The Bertz CT molecular complexity index is 900. The van der Waals surface area contributed by atoms with E-state index in [4.69, 9.17) is 16.3 Å². The second kappa shape index (κ2) is 9.73. The van der Waals surface area contributed by atoms with Crippen molar-refractivity contribution in [2.24, 2.45) is 0 Å². The second-order valence-electron chi connectivity index (χ2n) is 5.59. The van der Waals surface area contributed by atoms with Crippen LogP contribution in [0.2, 0.25) is 5.02 Å². The third-order valence-electron chi connectivity index (χ3n) is 3.50. The van der Waals surface area contributed by atoms with Gasteiger partial charge in [0.2, 0.25) is 5.13 Å². The summed E-state index contributed by atoms with van der Waals surface area (Å²) in [6.45, 7) is 2.59. The van der Waals surface area contributed by atoms with Gasteiger partial charge in [0, 0.05) is 10.8 Å². The molecule has 0 aliphatic heterocycles. The molecule has 0 aliphatic carbocycles. The number of hydrogen-bond donors (Lipinski definition) is 1. The van der Waals surface area contributed by atoms with Gasteiger partial charge in [-0.3, -0.25) is 10.1 Å². The molecular weight excluding hydrogens is 402 g/mol. The molecule has 5 nitrogen and oxygen atoms in total. The van der Waals surface area contributed by atoms with E-state index in [0.29, 0.717) is 28.1 Å². The molecule has 1 amide bonds. The maximum absolute atomic E-state index is 12.5. The molecule has 1 heterocycles. The summed E-state index contributed by atoms with van der Waals surface area (Å²) in [5.41, 5.74) is 1.63. The Hall–Kier alpha value is -2.09. The van der Waals surface area contributed by atoms with Crippen LogP contribution in [0.15, 0.2) is 52.9 Å². The van der Waals surface area contributed by atoms with Crippen molar-refractivity contribution in [1.82, 2.24) is 10.2 Å². The van der Waals surface area contributed by atoms with Crippen molar-refractivity contribution >= 4 is 45.7 Å². The fraction of sp³-hybridized carbons (Fsp3) is 0.211. The van der Waals surface area contributed by atoms with E-state index in [0.717, 1.165) is 22.1 Å². The van der Waals surface area contributed by atoms with E-state index in [1.54, 1.807) is 30.0 Å². The van der Waals surface area contributed by atoms with E-state index in [-0.39, 0.29) is 5.91 Å². The summed E-state index contributed by atoms with van der Waals surface area (Å²) in [4.78, 5) is 12.5. The number of anilines is 1. The highest BCUT2D eigenvalue weighted by molar-refractivity contribution is 8.00. The molecule has 0 fully saturated rings. The number of ether oxygens (including phenoxy) is 1. The second-order valence-corrected chi connectivity index (χ2v) is 8.22. The van der Waals surface area contributed by atoms with Gasteiger partial charge in [-0.2, -0.15) is 0 Å². The number of nitrogens with one attached hydrogen (secondary N) is 1. The van der Waals surface area contributed by atoms with Crippen LogP contribution in [-0.4, -0.2) is 22.7 Å². The predicted octanol–water partition coefficient (Wildman–Crippen LogP) is 5.52. The number of nitrogens with zero attached hydrogens (tertiary/aromatic N) is 2. The van der Waals surface area contributed by atoms with Crippen molar-refractivity contribution < 1.29 is 9.53 Å². The van der Waals surface area contributed by atoms with Gasteiger partial charge in [0.1, 0.15) is 5.75 Å². The monoisotopic (exact) mass is 419 g/mol. The lowest BCUT2D eigenvalue weighted by molar-refractivity contribution is 0.102. The van der Waals surface area contributed by atoms with Crippen molar-refractivity contribution in [3.8, 4) is 5.75 Å². The van der Waals surface area contributed by atoms with Gasteiger partial charge in [0.05, 0.1) is 12.2 Å². The molecule has 1 N–H and O–H groups in total. The first-order chi connectivity index (χ1) is 13.2. The molecule has 0 radical (unpaired) electrons. The third-order valence-corrected chi connectivity index (χ3v) is 5.79. The van der Waals surface area contributed by atoms with E-state index in [9.17, 15) is 4.79 Å². The minimum absolute atomic E-state index is 0.257. The minimum atomic E-state index is -0.257. The average Bonchev–Trinajstić information content (AvgIpc) is 3.13. The molecule has 140 valence electrons. The molecule has 27 heavy (non-hydrogen) atoms.